The minimum Gasteiger partial charge on any atom is -0.408 e. The number of aromatic amines is 1. The molecule has 5 nitrogen and oxygen atoms in total. The van der Waals surface area contributed by atoms with Crippen LogP contribution < -0.4 is 11.1 Å². The lowest BCUT2D eigenvalue weighted by Crippen LogP contribution is -2.44. The van der Waals surface area contributed by atoms with E-state index in [0.717, 1.165) is 31.7 Å². The first-order chi connectivity index (χ1) is 8.74. The van der Waals surface area contributed by atoms with Crippen molar-refractivity contribution >= 4 is 11.1 Å². The number of H-pyrrole nitrogens is 1. The molecule has 2 heterocycles. The third-order valence-corrected chi connectivity index (χ3v) is 3.63. The molecule has 1 aliphatic rings. The van der Waals surface area contributed by atoms with E-state index in [2.05, 4.69) is 28.2 Å². The van der Waals surface area contributed by atoms with E-state index in [4.69, 9.17) is 4.42 Å². The number of rotatable bonds is 2. The van der Waals surface area contributed by atoms with Gasteiger partial charge in [0.25, 0.3) is 0 Å². The van der Waals surface area contributed by atoms with Crippen LogP contribution in [0.1, 0.15) is 18.5 Å². The number of oxazole rings is 1. The lowest BCUT2D eigenvalue weighted by Gasteiger charge is -2.33. The van der Waals surface area contributed by atoms with Gasteiger partial charge in [-0.2, -0.15) is 0 Å². The van der Waals surface area contributed by atoms with Crippen LogP contribution in [0.15, 0.2) is 27.4 Å². The van der Waals surface area contributed by atoms with Gasteiger partial charge in [0.1, 0.15) is 0 Å². The molecule has 5 heteroatoms. The van der Waals surface area contributed by atoms with E-state index in [-0.39, 0.29) is 0 Å². The minimum absolute atomic E-state index is 0.344. The average molecular weight is 247 g/mol. The Morgan fingerprint density at radius 1 is 1.33 bits per heavy atom. The molecule has 3 rings (SSSR count). The summed E-state index contributed by atoms with van der Waals surface area (Å²) in [6.45, 7) is 6.36. The number of aromatic nitrogens is 1. The lowest BCUT2D eigenvalue weighted by molar-refractivity contribution is 0.185. The second-order valence-electron chi connectivity index (χ2n) is 4.73. The van der Waals surface area contributed by atoms with Gasteiger partial charge in [0, 0.05) is 32.2 Å². The number of nitrogens with zero attached hydrogens (tertiary/aromatic N) is 1. The highest BCUT2D eigenvalue weighted by molar-refractivity contribution is 5.72. The Labute approximate surface area is 105 Å². The number of hydrogen-bond acceptors (Lipinski definition) is 4. The maximum atomic E-state index is 11.1. The monoisotopic (exact) mass is 247 g/mol. The summed E-state index contributed by atoms with van der Waals surface area (Å²) in [5.74, 6) is -0.392. The van der Waals surface area contributed by atoms with Crippen LogP contribution in [0, 0.1) is 0 Å². The highest BCUT2D eigenvalue weighted by Gasteiger charge is 2.18. The van der Waals surface area contributed by atoms with Crippen LogP contribution in [0.25, 0.3) is 11.1 Å². The van der Waals surface area contributed by atoms with Crippen molar-refractivity contribution in [2.75, 3.05) is 26.2 Å². The van der Waals surface area contributed by atoms with E-state index in [1.807, 2.05) is 12.1 Å². The Balaban J connectivity index is 1.90. The summed E-state index contributed by atoms with van der Waals surface area (Å²) in [6, 6.07) is 6.27. The maximum Gasteiger partial charge on any atom is 0.417 e. The Morgan fingerprint density at radius 2 is 2.11 bits per heavy atom. The molecule has 1 fully saturated rings. The van der Waals surface area contributed by atoms with Crippen molar-refractivity contribution in [3.63, 3.8) is 0 Å². The number of fused-ring (bicyclic) bond motifs is 1. The smallest absolute Gasteiger partial charge is 0.408 e. The summed E-state index contributed by atoms with van der Waals surface area (Å²) in [4.78, 5) is 16.2. The normalized spacial score (nSPS) is 19.2. The molecule has 2 aromatic rings. The third-order valence-electron chi connectivity index (χ3n) is 3.63. The second kappa shape index (κ2) is 4.59. The topological polar surface area (TPSA) is 61.3 Å². The Bertz CT molecular complexity index is 596. The van der Waals surface area contributed by atoms with Crippen LogP contribution in [-0.4, -0.2) is 36.1 Å². The molecule has 1 atom stereocenters. The van der Waals surface area contributed by atoms with E-state index in [1.54, 1.807) is 0 Å². The SMILES string of the molecule is CC(c1ccc2[nH]c(=O)oc2c1)N1CCNCC1. The van der Waals surface area contributed by atoms with Crippen molar-refractivity contribution in [1.82, 2.24) is 15.2 Å². The predicted octanol–water partition coefficient (Wildman–Crippen LogP) is 1.09. The summed E-state index contributed by atoms with van der Waals surface area (Å²) in [7, 11) is 0. The van der Waals surface area contributed by atoms with Gasteiger partial charge < -0.3 is 9.73 Å². The molecule has 1 unspecified atom stereocenters. The van der Waals surface area contributed by atoms with Crippen LogP contribution in [0.3, 0.4) is 0 Å². The van der Waals surface area contributed by atoms with Gasteiger partial charge in [0.2, 0.25) is 0 Å². The summed E-state index contributed by atoms with van der Waals surface area (Å²) >= 11 is 0. The van der Waals surface area contributed by atoms with Gasteiger partial charge in [-0.15, -0.1) is 0 Å². The number of benzene rings is 1. The number of nitrogens with one attached hydrogen (secondary N) is 2. The summed E-state index contributed by atoms with van der Waals surface area (Å²) in [6.07, 6.45) is 0. The predicted molar refractivity (Wildman–Crippen MR) is 69.7 cm³/mol. The largest absolute Gasteiger partial charge is 0.417 e. The molecular formula is C13H17N3O2. The summed E-state index contributed by atoms with van der Waals surface area (Å²) < 4.78 is 5.10. The molecule has 0 aliphatic carbocycles. The Morgan fingerprint density at radius 3 is 2.89 bits per heavy atom. The molecule has 1 saturated heterocycles. The molecule has 0 amide bonds. The van der Waals surface area contributed by atoms with E-state index < -0.39 is 5.76 Å². The summed E-state index contributed by atoms with van der Waals surface area (Å²) in [5.41, 5.74) is 2.59. The van der Waals surface area contributed by atoms with E-state index in [0.29, 0.717) is 11.6 Å². The van der Waals surface area contributed by atoms with Crippen molar-refractivity contribution < 1.29 is 4.42 Å². The van der Waals surface area contributed by atoms with Crippen LogP contribution in [0.5, 0.6) is 0 Å². The third kappa shape index (κ3) is 2.07. The first kappa shape index (κ1) is 11.5. The van der Waals surface area contributed by atoms with Crippen molar-refractivity contribution in [3.8, 4) is 0 Å². The van der Waals surface area contributed by atoms with Gasteiger partial charge in [-0.1, -0.05) is 6.07 Å². The molecule has 0 bridgehead atoms. The molecule has 1 aromatic heterocycles. The van der Waals surface area contributed by atoms with Gasteiger partial charge >= 0.3 is 5.76 Å². The zero-order valence-corrected chi connectivity index (χ0v) is 10.4. The number of piperazine rings is 1. The fraction of sp³-hybridized carbons (Fsp3) is 0.462. The van der Waals surface area contributed by atoms with Crippen molar-refractivity contribution in [2.24, 2.45) is 0 Å². The van der Waals surface area contributed by atoms with Crippen molar-refractivity contribution in [3.05, 3.63) is 34.3 Å². The van der Waals surface area contributed by atoms with Gasteiger partial charge in [-0.25, -0.2) is 4.79 Å². The molecule has 1 aliphatic heterocycles. The minimum atomic E-state index is -0.392. The molecule has 0 spiro atoms. The number of hydrogen-bond donors (Lipinski definition) is 2. The zero-order chi connectivity index (χ0) is 12.5. The molecule has 96 valence electrons. The maximum absolute atomic E-state index is 11.1. The molecule has 18 heavy (non-hydrogen) atoms. The van der Waals surface area contributed by atoms with Crippen LogP contribution >= 0.6 is 0 Å². The Hall–Kier alpha value is -1.59. The zero-order valence-electron chi connectivity index (χ0n) is 10.4. The molecule has 1 aromatic carbocycles. The molecule has 0 saturated carbocycles. The van der Waals surface area contributed by atoms with E-state index in [1.165, 1.54) is 5.56 Å². The second-order valence-corrected chi connectivity index (χ2v) is 4.73. The Kier molecular flexibility index (Phi) is 2.93. The van der Waals surface area contributed by atoms with Gasteiger partial charge in [0.15, 0.2) is 5.58 Å². The van der Waals surface area contributed by atoms with Gasteiger partial charge in [-0.05, 0) is 24.6 Å². The van der Waals surface area contributed by atoms with Gasteiger partial charge in [0.05, 0.1) is 5.52 Å². The molecule has 0 radical (unpaired) electrons. The van der Waals surface area contributed by atoms with E-state index in [9.17, 15) is 4.79 Å². The van der Waals surface area contributed by atoms with Crippen molar-refractivity contribution in [2.45, 2.75) is 13.0 Å². The molecule has 2 N–H and O–H groups in total. The van der Waals surface area contributed by atoms with Crippen molar-refractivity contribution in [1.29, 1.82) is 0 Å². The lowest BCUT2D eigenvalue weighted by atomic mass is 10.1. The fourth-order valence-corrected chi connectivity index (χ4v) is 2.50. The fourth-order valence-electron chi connectivity index (χ4n) is 2.50. The first-order valence-corrected chi connectivity index (χ1v) is 6.31. The van der Waals surface area contributed by atoms with Gasteiger partial charge in [-0.3, -0.25) is 9.88 Å². The average Bonchev–Trinajstić information content (AvgIpc) is 2.78. The van der Waals surface area contributed by atoms with Crippen LogP contribution in [-0.2, 0) is 0 Å². The highest BCUT2D eigenvalue weighted by atomic mass is 16.4. The van der Waals surface area contributed by atoms with Crippen LogP contribution in [0.2, 0.25) is 0 Å². The summed E-state index contributed by atoms with van der Waals surface area (Å²) in [5, 5.41) is 3.35. The van der Waals surface area contributed by atoms with Crippen LogP contribution in [0.4, 0.5) is 0 Å². The standard InChI is InChI=1S/C13H17N3O2/c1-9(16-6-4-14-5-7-16)10-2-3-11-12(8-10)18-13(17)15-11/h2-3,8-9,14H,4-7H2,1H3,(H,15,17). The molecular weight excluding hydrogens is 230 g/mol. The first-order valence-electron chi connectivity index (χ1n) is 6.31. The quantitative estimate of drug-likeness (QED) is 0.834. The highest BCUT2D eigenvalue weighted by Crippen LogP contribution is 2.23. The van der Waals surface area contributed by atoms with E-state index >= 15 is 0 Å².